The molecule has 0 aromatic rings. The summed E-state index contributed by atoms with van der Waals surface area (Å²) >= 11 is 0.943. The number of amidine groups is 1. The maximum Gasteiger partial charge on any atom is 0.419 e. The predicted molar refractivity (Wildman–Crippen MR) is 68.7 cm³/mol. The number of thioether (sulfide) groups is 1. The van der Waals surface area contributed by atoms with Gasteiger partial charge in [-0.1, -0.05) is 11.8 Å². The normalized spacial score (nSPS) is 39.4. The fourth-order valence-corrected chi connectivity index (χ4v) is 3.35. The lowest BCUT2D eigenvalue weighted by molar-refractivity contribution is -0.314. The van der Waals surface area contributed by atoms with Crippen molar-refractivity contribution >= 4 is 16.9 Å². The van der Waals surface area contributed by atoms with E-state index in [1.165, 1.54) is 0 Å². The Balaban J connectivity index is 2.21. The number of hydrogen-bond acceptors (Lipinski definition) is 6. The first-order valence-corrected chi connectivity index (χ1v) is 7.22. The first-order chi connectivity index (χ1) is 9.59. The van der Waals surface area contributed by atoms with Crippen LogP contribution in [0.3, 0.4) is 0 Å². The molecule has 6 atom stereocenters. The molecule has 122 valence electrons. The van der Waals surface area contributed by atoms with Gasteiger partial charge in [0, 0.05) is 6.54 Å². The Bertz CT molecular complexity index is 432. The fourth-order valence-electron chi connectivity index (χ4n) is 2.19. The molecule has 0 aromatic carbocycles. The van der Waals surface area contributed by atoms with Crippen LogP contribution in [-0.4, -0.2) is 63.6 Å². The Labute approximate surface area is 122 Å². The molecule has 1 fully saturated rings. The number of hydrogen-bond donors (Lipinski definition) is 3. The van der Waals surface area contributed by atoms with E-state index in [-0.39, 0.29) is 0 Å². The highest BCUT2D eigenvalue weighted by Crippen LogP contribution is 2.44. The molecule has 0 saturated carbocycles. The lowest BCUT2D eigenvalue weighted by Crippen LogP contribution is -2.65. The molecular formula is C11H16F4N2O3S. The van der Waals surface area contributed by atoms with Gasteiger partial charge in [0.15, 0.2) is 16.9 Å². The van der Waals surface area contributed by atoms with Gasteiger partial charge in [0.2, 0.25) is 0 Å². The van der Waals surface area contributed by atoms with Crippen LogP contribution in [0.4, 0.5) is 17.6 Å². The Kier molecular flexibility index (Phi) is 4.45. The van der Waals surface area contributed by atoms with E-state index in [1.54, 1.807) is 6.92 Å². The molecule has 2 aliphatic heterocycles. The molecule has 0 aromatic heterocycles. The number of alkyl halides is 4. The first kappa shape index (κ1) is 16.8. The van der Waals surface area contributed by atoms with Crippen molar-refractivity contribution in [2.24, 2.45) is 4.99 Å². The average molecular weight is 332 g/mol. The van der Waals surface area contributed by atoms with Gasteiger partial charge in [0.25, 0.3) is 0 Å². The van der Waals surface area contributed by atoms with Crippen LogP contribution in [0.5, 0.6) is 0 Å². The second-order valence-corrected chi connectivity index (χ2v) is 6.17. The smallest absolute Gasteiger partial charge is 0.387 e. The summed E-state index contributed by atoms with van der Waals surface area (Å²) in [6.07, 6.45) is -11.3. The van der Waals surface area contributed by atoms with Crippen LogP contribution in [0.2, 0.25) is 0 Å². The zero-order valence-electron chi connectivity index (χ0n) is 11.3. The number of ether oxygens (including phenoxy) is 1. The number of nitrogens with zero attached hydrogens (tertiary/aromatic N) is 1. The molecular weight excluding hydrogens is 316 g/mol. The maximum atomic E-state index is 14.2. The molecule has 0 radical (unpaired) electrons. The third-order valence-electron chi connectivity index (χ3n) is 3.47. The number of rotatable bonds is 2. The van der Waals surface area contributed by atoms with Crippen molar-refractivity contribution in [1.29, 1.82) is 0 Å². The highest BCUT2D eigenvalue weighted by atomic mass is 32.2. The summed E-state index contributed by atoms with van der Waals surface area (Å²) in [6.45, 7) is 2.75. The number of fused-ring (bicyclic) bond motifs is 1. The third-order valence-corrected chi connectivity index (χ3v) is 4.57. The summed E-state index contributed by atoms with van der Waals surface area (Å²) < 4.78 is 57.8. The van der Waals surface area contributed by atoms with Crippen LogP contribution in [0.25, 0.3) is 0 Å². The van der Waals surface area contributed by atoms with E-state index in [0.29, 0.717) is 18.6 Å². The molecule has 10 heteroatoms. The van der Waals surface area contributed by atoms with E-state index in [2.05, 4.69) is 10.3 Å². The van der Waals surface area contributed by atoms with Crippen LogP contribution in [-0.2, 0) is 4.74 Å². The maximum absolute atomic E-state index is 14.2. The molecule has 2 heterocycles. The van der Waals surface area contributed by atoms with E-state index in [0.717, 1.165) is 11.8 Å². The molecule has 5 nitrogen and oxygen atoms in total. The number of aliphatic hydroxyl groups is 2. The number of nitrogens with one attached hydrogen (secondary N) is 1. The monoisotopic (exact) mass is 332 g/mol. The van der Waals surface area contributed by atoms with Gasteiger partial charge in [-0.3, -0.25) is 4.99 Å². The van der Waals surface area contributed by atoms with Crippen molar-refractivity contribution in [2.45, 2.75) is 55.5 Å². The van der Waals surface area contributed by atoms with Crippen molar-refractivity contribution in [2.75, 3.05) is 6.54 Å². The van der Waals surface area contributed by atoms with Gasteiger partial charge in [-0.05, 0) is 13.8 Å². The highest BCUT2D eigenvalue weighted by molar-refractivity contribution is 8.14. The topological polar surface area (TPSA) is 74.1 Å². The first-order valence-electron chi connectivity index (χ1n) is 6.34. The van der Waals surface area contributed by atoms with Crippen molar-refractivity contribution in [3.8, 4) is 0 Å². The van der Waals surface area contributed by atoms with Crippen molar-refractivity contribution in [1.82, 2.24) is 5.32 Å². The second kappa shape index (κ2) is 5.56. The molecule has 1 saturated heterocycles. The van der Waals surface area contributed by atoms with Crippen molar-refractivity contribution < 1.29 is 32.5 Å². The summed E-state index contributed by atoms with van der Waals surface area (Å²) in [6, 6.07) is -1.10. The SMILES string of the molecule is CCNC1=N[C@@H]2[C@@H](F)[C@H](O)[C@@H]([C@](C)(O)C(F)(F)F)O[C@@H]2S1. The van der Waals surface area contributed by atoms with Crippen LogP contribution < -0.4 is 5.32 Å². The second-order valence-electron chi connectivity index (χ2n) is 5.08. The predicted octanol–water partition coefficient (Wildman–Crippen LogP) is 0.804. The van der Waals surface area contributed by atoms with Crippen molar-refractivity contribution in [3.63, 3.8) is 0 Å². The molecule has 0 aliphatic carbocycles. The molecule has 2 rings (SSSR count). The lowest BCUT2D eigenvalue weighted by Gasteiger charge is -2.43. The van der Waals surface area contributed by atoms with Gasteiger partial charge in [0.05, 0.1) is 0 Å². The summed E-state index contributed by atoms with van der Waals surface area (Å²) in [5, 5.41) is 22.5. The number of aliphatic imine (C=N–C) groups is 1. The minimum atomic E-state index is -5.06. The average Bonchev–Trinajstić information content (AvgIpc) is 2.75. The standard InChI is InChI=1S/C11H16F4N2O3S/c1-3-16-9-17-5-4(12)6(18)7(20-8(5)21-9)10(2,19)11(13,14)15/h4-8,18-19H,3H2,1-2H3,(H,16,17)/t4-,5-,6+,7+,8-,10+/m1/s1. The Morgan fingerprint density at radius 1 is 1.43 bits per heavy atom. The largest absolute Gasteiger partial charge is 0.419 e. The van der Waals surface area contributed by atoms with Gasteiger partial charge in [-0.15, -0.1) is 0 Å². The van der Waals surface area contributed by atoms with E-state index < -0.39 is 41.6 Å². The van der Waals surface area contributed by atoms with E-state index >= 15 is 0 Å². The van der Waals surface area contributed by atoms with E-state index in [1.807, 2.05) is 0 Å². The van der Waals surface area contributed by atoms with Gasteiger partial charge in [-0.25, -0.2) is 4.39 Å². The van der Waals surface area contributed by atoms with Crippen LogP contribution >= 0.6 is 11.8 Å². The Morgan fingerprint density at radius 2 is 2.05 bits per heavy atom. The summed E-state index contributed by atoms with van der Waals surface area (Å²) in [7, 11) is 0. The molecule has 2 aliphatic rings. The van der Waals surface area contributed by atoms with Gasteiger partial charge >= 0.3 is 6.18 Å². The summed E-state index contributed by atoms with van der Waals surface area (Å²) in [4.78, 5) is 3.96. The number of halogens is 4. The van der Waals surface area contributed by atoms with Crippen LogP contribution in [0, 0.1) is 0 Å². The lowest BCUT2D eigenvalue weighted by atomic mass is 9.87. The molecule has 3 N–H and O–H groups in total. The number of aliphatic hydroxyl groups excluding tert-OH is 1. The van der Waals surface area contributed by atoms with E-state index in [4.69, 9.17) is 4.74 Å². The minimum Gasteiger partial charge on any atom is -0.387 e. The van der Waals surface area contributed by atoms with Crippen molar-refractivity contribution in [3.05, 3.63) is 0 Å². The van der Waals surface area contributed by atoms with Gasteiger partial charge in [0.1, 0.15) is 23.7 Å². The molecule has 0 spiro atoms. The quantitative estimate of drug-likeness (QED) is 0.653. The molecule has 0 unspecified atom stereocenters. The van der Waals surface area contributed by atoms with Crippen LogP contribution in [0.15, 0.2) is 4.99 Å². The molecule has 0 bridgehead atoms. The van der Waals surface area contributed by atoms with E-state index in [9.17, 15) is 27.8 Å². The molecule has 21 heavy (non-hydrogen) atoms. The zero-order valence-corrected chi connectivity index (χ0v) is 12.1. The Hall–Kier alpha value is -0.580. The third kappa shape index (κ3) is 2.86. The zero-order chi connectivity index (χ0) is 16.0. The summed E-state index contributed by atoms with van der Waals surface area (Å²) in [5.74, 6) is 0. The highest BCUT2D eigenvalue weighted by Gasteiger charge is 2.63. The summed E-state index contributed by atoms with van der Waals surface area (Å²) in [5.41, 5.74) is -4.38. The molecule has 0 amide bonds. The van der Waals surface area contributed by atoms with Crippen LogP contribution in [0.1, 0.15) is 13.8 Å². The minimum absolute atomic E-state index is 0.342. The van der Waals surface area contributed by atoms with Gasteiger partial charge in [-0.2, -0.15) is 13.2 Å². The fraction of sp³-hybridized carbons (Fsp3) is 0.909. The Morgan fingerprint density at radius 3 is 2.57 bits per heavy atom. The van der Waals surface area contributed by atoms with Gasteiger partial charge < -0.3 is 20.3 Å².